The van der Waals surface area contributed by atoms with Crippen LogP contribution in [-0.4, -0.2) is 40.8 Å². The number of rotatable bonds is 8. The lowest BCUT2D eigenvalue weighted by Gasteiger charge is -2.37. The molecule has 0 amide bonds. The van der Waals surface area contributed by atoms with Crippen molar-refractivity contribution in [1.29, 1.82) is 0 Å². The van der Waals surface area contributed by atoms with Crippen molar-refractivity contribution in [3.8, 4) is 11.5 Å². The van der Waals surface area contributed by atoms with Gasteiger partial charge >= 0.3 is 0 Å². The van der Waals surface area contributed by atoms with Gasteiger partial charge in [0.05, 0.1) is 26.9 Å². The van der Waals surface area contributed by atoms with Crippen molar-refractivity contribution >= 4 is 7.85 Å². The highest BCUT2D eigenvalue weighted by atomic mass is 16.6. The summed E-state index contributed by atoms with van der Waals surface area (Å²) in [6.45, 7) is 0.431. The van der Waals surface area contributed by atoms with Crippen LogP contribution in [0.2, 0.25) is 0 Å². The van der Waals surface area contributed by atoms with E-state index in [2.05, 4.69) is 36.4 Å². The average molecular weight is 414 g/mol. The van der Waals surface area contributed by atoms with Crippen molar-refractivity contribution in [2.24, 2.45) is 0 Å². The van der Waals surface area contributed by atoms with E-state index in [0.717, 1.165) is 41.0 Å². The minimum atomic E-state index is -0.824. The van der Waals surface area contributed by atoms with Gasteiger partial charge in [0.2, 0.25) is 0 Å². The fourth-order valence-electron chi connectivity index (χ4n) is 4.15. The summed E-state index contributed by atoms with van der Waals surface area (Å²) in [6, 6.07) is 26.1. The number of hydrogen-bond donors (Lipinski definition) is 0. The number of hydrogen-bond acceptors (Lipinski definition) is 4. The van der Waals surface area contributed by atoms with Gasteiger partial charge < -0.3 is 18.9 Å². The fraction of sp³-hybridized carbons (Fsp3) is 0.308. The zero-order valence-corrected chi connectivity index (χ0v) is 18.0. The summed E-state index contributed by atoms with van der Waals surface area (Å²) in [6.07, 6.45) is 1.70. The van der Waals surface area contributed by atoms with Crippen LogP contribution in [0.5, 0.6) is 11.5 Å². The highest BCUT2D eigenvalue weighted by Crippen LogP contribution is 2.42. The minimum Gasteiger partial charge on any atom is -0.497 e. The van der Waals surface area contributed by atoms with E-state index in [1.807, 2.05) is 42.5 Å². The van der Waals surface area contributed by atoms with Gasteiger partial charge in [-0.1, -0.05) is 54.6 Å². The Labute approximate surface area is 185 Å². The van der Waals surface area contributed by atoms with E-state index in [-0.39, 0.29) is 12.1 Å². The molecule has 158 valence electrons. The molecule has 1 saturated heterocycles. The van der Waals surface area contributed by atoms with Crippen LogP contribution in [0.1, 0.15) is 29.5 Å². The second-order valence-corrected chi connectivity index (χ2v) is 7.69. The molecular formula is C26H27BO4. The first kappa shape index (κ1) is 21.5. The maximum Gasteiger partial charge on any atom is 0.143 e. The molecular weight excluding hydrogens is 387 g/mol. The second kappa shape index (κ2) is 9.59. The molecule has 0 N–H and O–H groups in total. The van der Waals surface area contributed by atoms with Gasteiger partial charge in [-0.25, -0.2) is 0 Å². The Morgan fingerprint density at radius 3 is 1.74 bits per heavy atom. The molecule has 2 unspecified atom stereocenters. The lowest BCUT2D eigenvalue weighted by atomic mass is 9.80. The van der Waals surface area contributed by atoms with E-state index < -0.39 is 5.60 Å². The monoisotopic (exact) mass is 414 g/mol. The van der Waals surface area contributed by atoms with Crippen molar-refractivity contribution in [2.75, 3.05) is 20.8 Å². The maximum atomic E-state index is 6.81. The molecule has 1 aliphatic heterocycles. The Morgan fingerprint density at radius 1 is 0.774 bits per heavy atom. The summed E-state index contributed by atoms with van der Waals surface area (Å²) in [7, 11) is 9.29. The minimum absolute atomic E-state index is 0.0328. The first-order valence-electron chi connectivity index (χ1n) is 10.6. The average Bonchev–Trinajstić information content (AvgIpc) is 3.26. The summed E-state index contributed by atoms with van der Waals surface area (Å²) < 4.78 is 23.4. The predicted molar refractivity (Wildman–Crippen MR) is 122 cm³/mol. The molecule has 3 aromatic carbocycles. The van der Waals surface area contributed by atoms with Crippen molar-refractivity contribution in [3.05, 3.63) is 95.6 Å². The zero-order valence-electron chi connectivity index (χ0n) is 18.0. The Hall–Kier alpha value is -2.76. The highest BCUT2D eigenvalue weighted by molar-refractivity contribution is 6.11. The quantitative estimate of drug-likeness (QED) is 0.396. The first-order chi connectivity index (χ1) is 15.2. The van der Waals surface area contributed by atoms with Crippen LogP contribution in [0.15, 0.2) is 78.9 Å². The lowest BCUT2D eigenvalue weighted by Crippen LogP contribution is -2.35. The van der Waals surface area contributed by atoms with Crippen LogP contribution >= 0.6 is 0 Å². The van der Waals surface area contributed by atoms with Gasteiger partial charge in [0.15, 0.2) is 0 Å². The predicted octanol–water partition coefficient (Wildman–Crippen LogP) is 4.69. The van der Waals surface area contributed by atoms with Gasteiger partial charge in [-0.2, -0.15) is 0 Å². The molecule has 0 aromatic heterocycles. The molecule has 0 saturated carbocycles. The topological polar surface area (TPSA) is 36.9 Å². The molecule has 2 radical (unpaired) electrons. The Morgan fingerprint density at radius 2 is 1.29 bits per heavy atom. The highest BCUT2D eigenvalue weighted by Gasteiger charge is 2.39. The number of benzene rings is 3. The Kier molecular flexibility index (Phi) is 6.64. The maximum absolute atomic E-state index is 6.81. The number of ether oxygens (including phenoxy) is 4. The zero-order chi connectivity index (χ0) is 21.7. The van der Waals surface area contributed by atoms with Crippen LogP contribution in [0, 0.1) is 0 Å². The van der Waals surface area contributed by atoms with Crippen LogP contribution < -0.4 is 9.47 Å². The summed E-state index contributed by atoms with van der Waals surface area (Å²) in [4.78, 5) is 0. The van der Waals surface area contributed by atoms with Gasteiger partial charge in [0, 0.05) is 6.00 Å². The van der Waals surface area contributed by atoms with Crippen molar-refractivity contribution in [1.82, 2.24) is 0 Å². The third-order valence-corrected chi connectivity index (χ3v) is 5.80. The first-order valence-corrected chi connectivity index (χ1v) is 10.6. The molecule has 31 heavy (non-hydrogen) atoms. The van der Waals surface area contributed by atoms with E-state index in [4.69, 9.17) is 26.8 Å². The van der Waals surface area contributed by atoms with Gasteiger partial charge in [-0.05, 0) is 53.8 Å². The van der Waals surface area contributed by atoms with E-state index in [0.29, 0.717) is 6.61 Å². The summed E-state index contributed by atoms with van der Waals surface area (Å²) in [5, 5.41) is 0. The van der Waals surface area contributed by atoms with E-state index >= 15 is 0 Å². The summed E-state index contributed by atoms with van der Waals surface area (Å²) in [5.74, 6) is 1.59. The molecule has 1 aliphatic rings. The van der Waals surface area contributed by atoms with Crippen LogP contribution in [0.4, 0.5) is 0 Å². The molecule has 3 aromatic rings. The SMILES string of the molecule is [B]C1CCC(COC(c2ccccc2)(c2ccc(OC)cc2)c2ccc(OC)cc2)O1. The van der Waals surface area contributed by atoms with Crippen molar-refractivity contribution < 1.29 is 18.9 Å². The Bertz CT molecular complexity index is 909. The summed E-state index contributed by atoms with van der Waals surface area (Å²) in [5.41, 5.74) is 2.22. The van der Waals surface area contributed by atoms with Crippen LogP contribution in [0.3, 0.4) is 0 Å². The molecule has 0 bridgehead atoms. The van der Waals surface area contributed by atoms with Crippen LogP contribution in [-0.2, 0) is 15.1 Å². The Balaban J connectivity index is 1.83. The van der Waals surface area contributed by atoms with Crippen molar-refractivity contribution in [3.63, 3.8) is 0 Å². The molecule has 5 heteroatoms. The normalized spacial score (nSPS) is 18.6. The van der Waals surface area contributed by atoms with E-state index in [9.17, 15) is 0 Å². The second-order valence-electron chi connectivity index (χ2n) is 7.69. The largest absolute Gasteiger partial charge is 0.497 e. The molecule has 1 heterocycles. The number of methoxy groups -OCH3 is 2. The molecule has 2 atom stereocenters. The molecule has 0 aliphatic carbocycles. The van der Waals surface area contributed by atoms with Gasteiger partial charge in [-0.15, -0.1) is 0 Å². The fourth-order valence-corrected chi connectivity index (χ4v) is 4.15. The van der Waals surface area contributed by atoms with Crippen molar-refractivity contribution in [2.45, 2.75) is 30.5 Å². The molecule has 0 spiro atoms. The third kappa shape index (κ3) is 4.48. The summed E-state index contributed by atoms with van der Waals surface area (Å²) >= 11 is 0. The van der Waals surface area contributed by atoms with Gasteiger partial charge in [0.1, 0.15) is 24.9 Å². The molecule has 4 rings (SSSR count). The molecule has 4 nitrogen and oxygen atoms in total. The lowest BCUT2D eigenvalue weighted by molar-refractivity contribution is -0.0507. The third-order valence-electron chi connectivity index (χ3n) is 5.80. The smallest absolute Gasteiger partial charge is 0.143 e. The van der Waals surface area contributed by atoms with Gasteiger partial charge in [0.25, 0.3) is 0 Å². The van der Waals surface area contributed by atoms with Crippen LogP contribution in [0.25, 0.3) is 0 Å². The van der Waals surface area contributed by atoms with E-state index in [1.165, 1.54) is 0 Å². The molecule has 1 fully saturated rings. The van der Waals surface area contributed by atoms with E-state index in [1.54, 1.807) is 14.2 Å². The standard InChI is InChI=1S/C26H27BO4/c1-28-22-12-8-20(9-13-22)26(19-6-4-3-5-7-19,21-10-14-23(29-2)15-11-21)30-18-24-16-17-25(27)31-24/h3-15,24-25H,16-18H2,1-2H3. The van der Waals surface area contributed by atoms with Gasteiger partial charge in [-0.3, -0.25) is 0 Å².